The molecule has 20 heavy (non-hydrogen) atoms. The van der Waals surface area contributed by atoms with Gasteiger partial charge in [0.1, 0.15) is 5.82 Å². The Labute approximate surface area is 118 Å². The van der Waals surface area contributed by atoms with Crippen LogP contribution < -0.4 is 4.90 Å². The molecule has 1 unspecified atom stereocenters. The number of hydrogen-bond donors (Lipinski definition) is 1. The second kappa shape index (κ2) is 6.52. The molecule has 1 aliphatic rings. The average Bonchev–Trinajstić information content (AvgIpc) is 2.45. The van der Waals surface area contributed by atoms with Crippen LogP contribution in [-0.4, -0.2) is 41.9 Å². The Morgan fingerprint density at radius 3 is 3.10 bits per heavy atom. The van der Waals surface area contributed by atoms with Gasteiger partial charge in [0.25, 0.3) is 0 Å². The van der Waals surface area contributed by atoms with E-state index in [2.05, 4.69) is 16.8 Å². The SMILES string of the molecule is CCC1COCCN1c1ncc(/C=C/C(=O)O)cc1C. The lowest BCUT2D eigenvalue weighted by Gasteiger charge is -2.36. The van der Waals surface area contributed by atoms with Crippen molar-refractivity contribution in [2.75, 3.05) is 24.7 Å². The number of pyridine rings is 1. The first-order chi connectivity index (χ1) is 9.61. The number of aliphatic carboxylic acids is 1. The van der Waals surface area contributed by atoms with E-state index in [-0.39, 0.29) is 0 Å². The first-order valence-electron chi connectivity index (χ1n) is 6.84. The lowest BCUT2D eigenvalue weighted by molar-refractivity contribution is -0.131. The Balaban J connectivity index is 2.22. The highest BCUT2D eigenvalue weighted by Gasteiger charge is 2.23. The van der Waals surface area contributed by atoms with Crippen LogP contribution in [0.15, 0.2) is 18.3 Å². The molecule has 0 amide bonds. The van der Waals surface area contributed by atoms with Gasteiger partial charge in [0.05, 0.1) is 19.3 Å². The molecule has 108 valence electrons. The Hall–Kier alpha value is -1.88. The van der Waals surface area contributed by atoms with Gasteiger partial charge in [-0.05, 0) is 36.6 Å². The van der Waals surface area contributed by atoms with Crippen molar-refractivity contribution < 1.29 is 14.6 Å². The van der Waals surface area contributed by atoms with Gasteiger partial charge in [-0.15, -0.1) is 0 Å². The Bertz CT molecular complexity index is 514. The molecule has 1 aromatic heterocycles. The minimum Gasteiger partial charge on any atom is -0.478 e. The number of nitrogens with zero attached hydrogens (tertiary/aromatic N) is 2. The number of morpholine rings is 1. The Morgan fingerprint density at radius 2 is 2.45 bits per heavy atom. The van der Waals surface area contributed by atoms with E-state index in [1.165, 1.54) is 0 Å². The molecule has 5 nitrogen and oxygen atoms in total. The number of carboxylic acid groups (broad SMARTS) is 1. The molecule has 0 bridgehead atoms. The Morgan fingerprint density at radius 1 is 1.65 bits per heavy atom. The maximum Gasteiger partial charge on any atom is 0.328 e. The average molecular weight is 276 g/mol. The molecule has 1 aromatic rings. The largest absolute Gasteiger partial charge is 0.478 e. The first-order valence-corrected chi connectivity index (χ1v) is 6.84. The van der Waals surface area contributed by atoms with Crippen molar-refractivity contribution in [3.8, 4) is 0 Å². The fraction of sp³-hybridized carbons (Fsp3) is 0.467. The molecule has 0 spiro atoms. The van der Waals surface area contributed by atoms with Crippen LogP contribution >= 0.6 is 0 Å². The zero-order chi connectivity index (χ0) is 14.5. The summed E-state index contributed by atoms with van der Waals surface area (Å²) in [6.07, 6.45) is 5.41. The van der Waals surface area contributed by atoms with Crippen LogP contribution in [0, 0.1) is 6.92 Å². The number of carboxylic acids is 1. The van der Waals surface area contributed by atoms with Gasteiger partial charge in [-0.25, -0.2) is 9.78 Å². The minimum absolute atomic E-state index is 0.357. The van der Waals surface area contributed by atoms with E-state index in [1.807, 2.05) is 13.0 Å². The summed E-state index contributed by atoms with van der Waals surface area (Å²) in [4.78, 5) is 17.3. The van der Waals surface area contributed by atoms with Gasteiger partial charge < -0.3 is 14.7 Å². The minimum atomic E-state index is -0.953. The normalized spacial score (nSPS) is 19.5. The fourth-order valence-corrected chi connectivity index (χ4v) is 2.42. The molecule has 2 heterocycles. The van der Waals surface area contributed by atoms with Crippen molar-refractivity contribution in [2.45, 2.75) is 26.3 Å². The summed E-state index contributed by atoms with van der Waals surface area (Å²) < 4.78 is 5.51. The van der Waals surface area contributed by atoms with E-state index in [9.17, 15) is 4.79 Å². The van der Waals surface area contributed by atoms with Crippen LogP contribution in [0.1, 0.15) is 24.5 Å². The highest BCUT2D eigenvalue weighted by Crippen LogP contribution is 2.23. The molecule has 0 aromatic carbocycles. The molecule has 1 saturated heterocycles. The van der Waals surface area contributed by atoms with E-state index in [1.54, 1.807) is 12.3 Å². The lowest BCUT2D eigenvalue weighted by atomic mass is 10.1. The van der Waals surface area contributed by atoms with E-state index < -0.39 is 5.97 Å². The van der Waals surface area contributed by atoms with E-state index in [0.717, 1.165) is 49.2 Å². The standard InChI is InChI=1S/C15H20N2O3/c1-3-13-10-20-7-6-17(13)15-11(2)8-12(9-16-15)4-5-14(18)19/h4-5,8-9,13H,3,6-7,10H2,1-2H3,(H,18,19)/b5-4+. The zero-order valence-electron chi connectivity index (χ0n) is 11.9. The molecule has 1 N–H and O–H groups in total. The maximum absolute atomic E-state index is 10.5. The number of aromatic nitrogens is 1. The summed E-state index contributed by atoms with van der Waals surface area (Å²) in [5.74, 6) is 0.0126. The second-order valence-corrected chi connectivity index (χ2v) is 4.91. The van der Waals surface area contributed by atoms with Gasteiger partial charge in [-0.2, -0.15) is 0 Å². The van der Waals surface area contributed by atoms with Crippen LogP contribution in [0.2, 0.25) is 0 Å². The summed E-state index contributed by atoms with van der Waals surface area (Å²) in [5.41, 5.74) is 1.85. The molecule has 0 aliphatic carbocycles. The predicted octanol–water partition coefficient (Wildman–Crippen LogP) is 2.10. The third-order valence-electron chi connectivity index (χ3n) is 3.46. The van der Waals surface area contributed by atoms with E-state index >= 15 is 0 Å². The summed E-state index contributed by atoms with van der Waals surface area (Å²) in [5, 5.41) is 8.64. The highest BCUT2D eigenvalue weighted by molar-refractivity contribution is 5.85. The van der Waals surface area contributed by atoms with Gasteiger partial charge in [0.15, 0.2) is 0 Å². The number of carbonyl (C=O) groups is 1. The van der Waals surface area contributed by atoms with Gasteiger partial charge in [-0.3, -0.25) is 0 Å². The van der Waals surface area contributed by atoms with Crippen molar-refractivity contribution >= 4 is 17.9 Å². The Kier molecular flexibility index (Phi) is 4.74. The number of aryl methyl sites for hydroxylation is 1. The van der Waals surface area contributed by atoms with Crippen molar-refractivity contribution in [3.63, 3.8) is 0 Å². The van der Waals surface area contributed by atoms with Gasteiger partial charge in [0.2, 0.25) is 0 Å². The van der Waals surface area contributed by atoms with Crippen LogP contribution in [0.25, 0.3) is 6.08 Å². The third kappa shape index (κ3) is 3.36. The van der Waals surface area contributed by atoms with Crippen molar-refractivity contribution in [1.29, 1.82) is 0 Å². The molecule has 0 saturated carbocycles. The predicted molar refractivity (Wildman–Crippen MR) is 77.9 cm³/mol. The monoisotopic (exact) mass is 276 g/mol. The summed E-state index contributed by atoms with van der Waals surface area (Å²) in [6.45, 7) is 6.45. The molecule has 1 fully saturated rings. The summed E-state index contributed by atoms with van der Waals surface area (Å²) >= 11 is 0. The third-order valence-corrected chi connectivity index (χ3v) is 3.46. The molecule has 1 atom stereocenters. The summed E-state index contributed by atoms with van der Waals surface area (Å²) in [6, 6.07) is 2.32. The molecule has 1 aliphatic heterocycles. The molecule has 2 rings (SSSR count). The van der Waals surface area contributed by atoms with E-state index in [0.29, 0.717) is 6.04 Å². The topological polar surface area (TPSA) is 62.7 Å². The fourth-order valence-electron chi connectivity index (χ4n) is 2.42. The number of anilines is 1. The number of ether oxygens (including phenoxy) is 1. The van der Waals surface area contributed by atoms with Crippen molar-refractivity contribution in [3.05, 3.63) is 29.5 Å². The first kappa shape index (κ1) is 14.5. The van der Waals surface area contributed by atoms with Crippen LogP contribution in [-0.2, 0) is 9.53 Å². The number of rotatable bonds is 4. The zero-order valence-corrected chi connectivity index (χ0v) is 11.9. The van der Waals surface area contributed by atoms with Gasteiger partial charge in [0, 0.05) is 18.8 Å². The maximum atomic E-state index is 10.5. The highest BCUT2D eigenvalue weighted by atomic mass is 16.5. The van der Waals surface area contributed by atoms with Gasteiger partial charge >= 0.3 is 5.97 Å². The van der Waals surface area contributed by atoms with E-state index in [4.69, 9.17) is 9.84 Å². The van der Waals surface area contributed by atoms with Crippen molar-refractivity contribution in [1.82, 2.24) is 4.98 Å². The quantitative estimate of drug-likeness (QED) is 0.853. The summed E-state index contributed by atoms with van der Waals surface area (Å²) in [7, 11) is 0. The molecule has 0 radical (unpaired) electrons. The smallest absolute Gasteiger partial charge is 0.328 e. The van der Waals surface area contributed by atoms with Crippen LogP contribution in [0.5, 0.6) is 0 Å². The molecular weight excluding hydrogens is 256 g/mol. The van der Waals surface area contributed by atoms with Crippen LogP contribution in [0.4, 0.5) is 5.82 Å². The number of hydrogen-bond acceptors (Lipinski definition) is 4. The van der Waals surface area contributed by atoms with Crippen molar-refractivity contribution in [2.24, 2.45) is 0 Å². The second-order valence-electron chi connectivity index (χ2n) is 4.91. The molecular formula is C15H20N2O3. The van der Waals surface area contributed by atoms with Crippen LogP contribution in [0.3, 0.4) is 0 Å². The lowest BCUT2D eigenvalue weighted by Crippen LogP contribution is -2.45. The molecule has 5 heteroatoms. The van der Waals surface area contributed by atoms with Gasteiger partial charge in [-0.1, -0.05) is 6.92 Å².